The molecule has 3 aromatic rings. The first kappa shape index (κ1) is 16.7. The maximum atomic E-state index is 13.8. The van der Waals surface area contributed by atoms with Crippen LogP contribution in [0.2, 0.25) is 0 Å². The van der Waals surface area contributed by atoms with Crippen molar-refractivity contribution in [3.05, 3.63) is 54.1 Å². The summed E-state index contributed by atoms with van der Waals surface area (Å²) < 4.78 is 40.0. The van der Waals surface area contributed by atoms with E-state index in [1.165, 1.54) is 29.2 Å². The molecule has 4 rings (SSSR count). The molecule has 6 nitrogen and oxygen atoms in total. The molecule has 0 spiro atoms. The minimum atomic E-state index is -0.956. The number of nitriles is 1. The van der Waals surface area contributed by atoms with Crippen molar-refractivity contribution in [2.24, 2.45) is 0 Å². The lowest BCUT2D eigenvalue weighted by molar-refractivity contribution is 0.364. The summed E-state index contributed by atoms with van der Waals surface area (Å²) in [5.74, 6) is -0.772. The second-order valence-corrected chi connectivity index (χ2v) is 5.35. The fourth-order valence-corrected chi connectivity index (χ4v) is 2.43. The van der Waals surface area contributed by atoms with Crippen LogP contribution in [0, 0.1) is 23.0 Å². The largest absolute Gasteiger partial charge is 0.351 e. The Balaban J connectivity index is 0.000000219. The lowest BCUT2D eigenvalue weighted by Gasteiger charge is -2.16. The smallest absolute Gasteiger partial charge is 0.184 e. The summed E-state index contributed by atoms with van der Waals surface area (Å²) in [6.07, 6.45) is 4.60. The minimum absolute atomic E-state index is 0.0830. The first-order chi connectivity index (χ1) is 12.1. The highest BCUT2D eigenvalue weighted by Gasteiger charge is 2.26. The molecule has 3 aromatic heterocycles. The van der Waals surface area contributed by atoms with Gasteiger partial charge in [0.05, 0.1) is 25.1 Å². The normalized spacial score (nSPS) is 16.4. The van der Waals surface area contributed by atoms with Crippen LogP contribution >= 0.6 is 0 Å². The van der Waals surface area contributed by atoms with E-state index in [2.05, 4.69) is 15.1 Å². The van der Waals surface area contributed by atoms with Crippen LogP contribution in [0.15, 0.2) is 36.9 Å². The van der Waals surface area contributed by atoms with Crippen LogP contribution in [0.5, 0.6) is 0 Å². The van der Waals surface area contributed by atoms with Crippen molar-refractivity contribution in [2.75, 3.05) is 18.0 Å². The summed E-state index contributed by atoms with van der Waals surface area (Å²) in [6, 6.07) is 4.84. The number of nitrogens with zero attached hydrogens (tertiary/aromatic N) is 6. The van der Waals surface area contributed by atoms with Gasteiger partial charge in [-0.1, -0.05) is 0 Å². The van der Waals surface area contributed by atoms with E-state index in [0.717, 1.165) is 6.20 Å². The third kappa shape index (κ3) is 3.68. The monoisotopic (exact) mass is 346 g/mol. The average Bonchev–Trinajstić information content (AvgIpc) is 3.21. The van der Waals surface area contributed by atoms with E-state index in [-0.39, 0.29) is 29.4 Å². The van der Waals surface area contributed by atoms with Crippen molar-refractivity contribution in [1.29, 1.82) is 5.26 Å². The van der Waals surface area contributed by atoms with Crippen LogP contribution < -0.4 is 4.90 Å². The Morgan fingerprint density at radius 3 is 2.68 bits per heavy atom. The summed E-state index contributed by atoms with van der Waals surface area (Å²) in [6.45, 7) is 0.563. The second kappa shape index (κ2) is 7.17. The molecule has 0 unspecified atom stereocenters. The van der Waals surface area contributed by atoms with E-state index in [1.54, 1.807) is 11.0 Å². The molecule has 0 radical (unpaired) electrons. The van der Waals surface area contributed by atoms with Gasteiger partial charge in [0.15, 0.2) is 17.3 Å². The van der Waals surface area contributed by atoms with Crippen LogP contribution in [-0.2, 0) is 0 Å². The quantitative estimate of drug-likeness (QED) is 0.677. The number of alkyl halides is 1. The molecule has 0 aromatic carbocycles. The van der Waals surface area contributed by atoms with Gasteiger partial charge in [-0.2, -0.15) is 10.4 Å². The maximum absolute atomic E-state index is 13.8. The van der Waals surface area contributed by atoms with Gasteiger partial charge >= 0.3 is 0 Å². The Bertz CT molecular complexity index is 905. The summed E-state index contributed by atoms with van der Waals surface area (Å²) >= 11 is 0. The molecule has 1 fully saturated rings. The summed E-state index contributed by atoms with van der Waals surface area (Å²) in [7, 11) is 0. The van der Waals surface area contributed by atoms with Crippen LogP contribution in [0.4, 0.5) is 19.0 Å². The molecule has 1 aliphatic heterocycles. The fraction of sp³-hybridized carbons (Fsp3) is 0.250. The summed E-state index contributed by atoms with van der Waals surface area (Å²) in [5, 5.41) is 12.7. The van der Waals surface area contributed by atoms with Gasteiger partial charge in [0.25, 0.3) is 0 Å². The van der Waals surface area contributed by atoms with Crippen molar-refractivity contribution in [1.82, 2.24) is 19.6 Å². The zero-order chi connectivity index (χ0) is 17.8. The van der Waals surface area contributed by atoms with Gasteiger partial charge in [-0.05, 0) is 18.6 Å². The molecule has 1 aliphatic rings. The molecule has 4 heterocycles. The molecule has 0 bridgehead atoms. The van der Waals surface area contributed by atoms with Gasteiger partial charge in [-0.3, -0.25) is 4.98 Å². The van der Waals surface area contributed by atoms with E-state index in [0.29, 0.717) is 13.0 Å². The summed E-state index contributed by atoms with van der Waals surface area (Å²) in [4.78, 5) is 9.14. The number of aromatic nitrogens is 4. The molecule has 1 saturated heterocycles. The van der Waals surface area contributed by atoms with Crippen molar-refractivity contribution in [3.63, 3.8) is 0 Å². The number of pyridine rings is 1. The fourth-order valence-electron chi connectivity index (χ4n) is 2.43. The number of hydrogen-bond donors (Lipinski definition) is 0. The van der Waals surface area contributed by atoms with E-state index in [9.17, 15) is 13.2 Å². The van der Waals surface area contributed by atoms with Crippen molar-refractivity contribution < 1.29 is 13.2 Å². The highest BCUT2D eigenvalue weighted by molar-refractivity contribution is 5.58. The Morgan fingerprint density at radius 2 is 2.12 bits per heavy atom. The number of anilines is 1. The first-order valence-electron chi connectivity index (χ1n) is 7.47. The van der Waals surface area contributed by atoms with E-state index >= 15 is 0 Å². The molecule has 9 heteroatoms. The number of halogens is 3. The standard InChI is InChI=1S/C11H9F2N5.C5H4FN/c12-8-1-2-17(5-8)11-9(13)6-18-10(16-11)7(3-14)4-15-18;6-5-2-1-3-7-4-5/h4,6,8H,1-2,5H2;1-4H/t8-;/m0./s1. The summed E-state index contributed by atoms with van der Waals surface area (Å²) in [5.41, 5.74) is 0.559. The van der Waals surface area contributed by atoms with Crippen LogP contribution in [0.1, 0.15) is 12.0 Å². The van der Waals surface area contributed by atoms with Gasteiger partial charge in [-0.25, -0.2) is 22.7 Å². The molecule has 0 saturated carbocycles. The Morgan fingerprint density at radius 1 is 1.28 bits per heavy atom. The van der Waals surface area contributed by atoms with Gasteiger partial charge in [0.2, 0.25) is 0 Å². The zero-order valence-corrected chi connectivity index (χ0v) is 13.0. The molecular weight excluding hydrogens is 333 g/mol. The highest BCUT2D eigenvalue weighted by atomic mass is 19.1. The number of fused-ring (bicyclic) bond motifs is 1. The zero-order valence-electron chi connectivity index (χ0n) is 13.0. The van der Waals surface area contributed by atoms with E-state index in [4.69, 9.17) is 5.26 Å². The van der Waals surface area contributed by atoms with Gasteiger partial charge < -0.3 is 4.90 Å². The first-order valence-corrected chi connectivity index (χ1v) is 7.47. The van der Waals surface area contributed by atoms with Gasteiger partial charge in [0.1, 0.15) is 23.6 Å². The highest BCUT2D eigenvalue weighted by Crippen LogP contribution is 2.24. The lowest BCUT2D eigenvalue weighted by atomic mass is 10.3. The van der Waals surface area contributed by atoms with Crippen molar-refractivity contribution in [3.8, 4) is 6.07 Å². The number of hydrogen-bond acceptors (Lipinski definition) is 5. The third-order valence-corrected chi connectivity index (χ3v) is 3.61. The van der Waals surface area contributed by atoms with E-state index in [1.807, 2.05) is 6.07 Å². The Kier molecular flexibility index (Phi) is 4.79. The Hall–Kier alpha value is -3.15. The molecule has 0 aliphatic carbocycles. The second-order valence-electron chi connectivity index (χ2n) is 5.35. The topological polar surface area (TPSA) is 70.1 Å². The molecular formula is C16H13F3N6. The van der Waals surface area contributed by atoms with E-state index < -0.39 is 12.0 Å². The SMILES string of the molecule is Fc1cccnc1.N#Cc1cnn2cc(F)c(N3CC[C@H](F)C3)nc12. The minimum Gasteiger partial charge on any atom is -0.351 e. The molecule has 0 amide bonds. The number of rotatable bonds is 1. The van der Waals surface area contributed by atoms with Gasteiger partial charge in [-0.15, -0.1) is 0 Å². The Labute approximate surface area is 141 Å². The molecule has 1 atom stereocenters. The van der Waals surface area contributed by atoms with Crippen molar-refractivity contribution in [2.45, 2.75) is 12.6 Å². The van der Waals surface area contributed by atoms with Crippen molar-refractivity contribution >= 4 is 11.5 Å². The molecule has 128 valence electrons. The lowest BCUT2D eigenvalue weighted by Crippen LogP contribution is -2.23. The van der Waals surface area contributed by atoms with Crippen LogP contribution in [0.3, 0.4) is 0 Å². The molecule has 0 N–H and O–H groups in total. The van der Waals surface area contributed by atoms with Gasteiger partial charge in [0, 0.05) is 12.7 Å². The predicted octanol–water partition coefficient (Wildman–Crippen LogP) is 2.51. The third-order valence-electron chi connectivity index (χ3n) is 3.61. The molecule has 25 heavy (non-hydrogen) atoms. The van der Waals surface area contributed by atoms with Crippen LogP contribution in [-0.4, -0.2) is 38.8 Å². The maximum Gasteiger partial charge on any atom is 0.184 e. The van der Waals surface area contributed by atoms with Crippen LogP contribution in [0.25, 0.3) is 5.65 Å². The average molecular weight is 346 g/mol. The predicted molar refractivity (Wildman–Crippen MR) is 83.6 cm³/mol.